The predicted molar refractivity (Wildman–Crippen MR) is 129 cm³/mol. The van der Waals surface area contributed by atoms with Crippen LogP contribution in [-0.4, -0.2) is 22.3 Å². The quantitative estimate of drug-likeness (QED) is 0.322. The normalized spacial score (nSPS) is 10.6. The Kier molecular flexibility index (Phi) is 6.94. The number of hydrogen-bond acceptors (Lipinski definition) is 5. The Labute approximate surface area is 200 Å². The minimum atomic E-state index is -0.864. The molecular weight excluding hydrogens is 456 g/mol. The summed E-state index contributed by atoms with van der Waals surface area (Å²) in [6, 6.07) is 22.1. The van der Waals surface area contributed by atoms with Gasteiger partial charge < -0.3 is 14.4 Å². The van der Waals surface area contributed by atoms with Gasteiger partial charge >= 0.3 is 12.1 Å². The van der Waals surface area contributed by atoms with Crippen molar-refractivity contribution in [1.82, 2.24) is 5.16 Å². The van der Waals surface area contributed by atoms with Crippen molar-refractivity contribution < 1.29 is 24.0 Å². The second-order valence-electron chi connectivity index (χ2n) is 7.61. The first-order valence-electron chi connectivity index (χ1n) is 10.5. The summed E-state index contributed by atoms with van der Waals surface area (Å²) in [7, 11) is 0. The number of anilines is 1. The molecule has 3 aromatic carbocycles. The number of carboxylic acids is 1. The Bertz CT molecular complexity index is 1310. The molecule has 0 atom stereocenters. The zero-order chi connectivity index (χ0) is 24.1. The highest BCUT2D eigenvalue weighted by Gasteiger charge is 2.18. The number of carboxylic acid groups (broad SMARTS) is 1. The van der Waals surface area contributed by atoms with Crippen molar-refractivity contribution >= 4 is 29.4 Å². The lowest BCUT2D eigenvalue weighted by Gasteiger charge is -2.09. The van der Waals surface area contributed by atoms with Crippen LogP contribution < -0.4 is 5.32 Å². The number of carbonyl (C=O) groups is 2. The number of nitrogens with one attached hydrogen (secondary N) is 1. The van der Waals surface area contributed by atoms with Crippen LogP contribution in [0.1, 0.15) is 16.8 Å². The summed E-state index contributed by atoms with van der Waals surface area (Å²) in [6.07, 6.45) is -0.661. The summed E-state index contributed by atoms with van der Waals surface area (Å²) in [5, 5.41) is 16.1. The van der Waals surface area contributed by atoms with Crippen LogP contribution in [0.3, 0.4) is 0 Å². The molecule has 0 spiro atoms. The van der Waals surface area contributed by atoms with Gasteiger partial charge in [0.15, 0.2) is 5.76 Å². The second-order valence-corrected chi connectivity index (χ2v) is 8.02. The van der Waals surface area contributed by atoms with Gasteiger partial charge in [0, 0.05) is 16.1 Å². The first-order valence-corrected chi connectivity index (χ1v) is 10.8. The third kappa shape index (κ3) is 5.44. The lowest BCUT2D eigenvalue weighted by atomic mass is 10.0. The Hall–Kier alpha value is -4.10. The number of halogens is 1. The molecule has 0 saturated heterocycles. The number of ether oxygens (including phenoxy) is 1. The fourth-order valence-corrected chi connectivity index (χ4v) is 3.60. The largest absolute Gasteiger partial charge is 0.481 e. The molecule has 4 aromatic rings. The van der Waals surface area contributed by atoms with Crippen LogP contribution in [-0.2, 0) is 22.6 Å². The van der Waals surface area contributed by atoms with Gasteiger partial charge in [0.05, 0.1) is 6.42 Å². The Morgan fingerprint density at radius 3 is 2.24 bits per heavy atom. The van der Waals surface area contributed by atoms with Crippen LogP contribution in [0.25, 0.3) is 22.5 Å². The summed E-state index contributed by atoms with van der Waals surface area (Å²) in [5.74, 6) is -0.452. The van der Waals surface area contributed by atoms with Crippen LogP contribution in [0.15, 0.2) is 77.3 Å². The number of aryl methyl sites for hydroxylation is 1. The van der Waals surface area contributed by atoms with Crippen molar-refractivity contribution in [3.63, 3.8) is 0 Å². The van der Waals surface area contributed by atoms with Gasteiger partial charge in [0.1, 0.15) is 18.0 Å². The number of benzene rings is 3. The number of hydrogen-bond donors (Lipinski definition) is 2. The average molecular weight is 477 g/mol. The van der Waals surface area contributed by atoms with E-state index in [2.05, 4.69) is 10.5 Å². The second kappa shape index (κ2) is 10.2. The molecule has 4 rings (SSSR count). The zero-order valence-corrected chi connectivity index (χ0v) is 19.0. The van der Waals surface area contributed by atoms with Crippen LogP contribution in [0.5, 0.6) is 0 Å². The van der Waals surface area contributed by atoms with Crippen LogP contribution >= 0.6 is 11.6 Å². The molecule has 172 valence electrons. The predicted octanol–water partition coefficient (Wildman–Crippen LogP) is 6.35. The molecule has 1 heterocycles. The highest BCUT2D eigenvalue weighted by Crippen LogP contribution is 2.32. The van der Waals surface area contributed by atoms with Gasteiger partial charge in [-0.3, -0.25) is 10.1 Å². The first-order chi connectivity index (χ1) is 16.4. The summed E-state index contributed by atoms with van der Waals surface area (Å²) in [6.45, 7) is 1.76. The Balaban J connectivity index is 1.46. The average Bonchev–Trinajstić information content (AvgIpc) is 3.18. The van der Waals surface area contributed by atoms with Crippen molar-refractivity contribution in [2.24, 2.45) is 0 Å². The van der Waals surface area contributed by atoms with Gasteiger partial charge in [-0.1, -0.05) is 83.5 Å². The summed E-state index contributed by atoms with van der Waals surface area (Å²) in [4.78, 5) is 23.2. The van der Waals surface area contributed by atoms with Crippen molar-refractivity contribution in [2.75, 3.05) is 5.32 Å². The lowest BCUT2D eigenvalue weighted by Crippen LogP contribution is -2.14. The number of carbonyl (C=O) groups excluding carboxylic acids is 1. The third-order valence-corrected chi connectivity index (χ3v) is 5.56. The highest BCUT2D eigenvalue weighted by molar-refractivity contribution is 6.31. The van der Waals surface area contributed by atoms with E-state index in [1.54, 1.807) is 37.3 Å². The van der Waals surface area contributed by atoms with Crippen molar-refractivity contribution in [3.05, 3.63) is 94.6 Å². The molecule has 8 heteroatoms. The maximum absolute atomic E-state index is 12.4. The van der Waals surface area contributed by atoms with Gasteiger partial charge in [0.2, 0.25) is 0 Å². The molecular formula is C26H21ClN2O5. The summed E-state index contributed by atoms with van der Waals surface area (Å²) >= 11 is 6.11. The summed E-state index contributed by atoms with van der Waals surface area (Å²) in [5.41, 5.74) is 5.02. The molecule has 0 bridgehead atoms. The smallest absolute Gasteiger partial charge is 0.412 e. The van der Waals surface area contributed by atoms with Gasteiger partial charge in [0.25, 0.3) is 0 Å². The van der Waals surface area contributed by atoms with E-state index in [0.29, 0.717) is 27.7 Å². The number of aromatic nitrogens is 1. The molecule has 0 saturated carbocycles. The summed E-state index contributed by atoms with van der Waals surface area (Å²) < 4.78 is 10.8. The van der Waals surface area contributed by atoms with E-state index in [9.17, 15) is 9.59 Å². The maximum atomic E-state index is 12.4. The fraction of sp³-hybridized carbons (Fsp3) is 0.115. The van der Waals surface area contributed by atoms with E-state index in [4.69, 9.17) is 26.0 Å². The molecule has 1 amide bonds. The van der Waals surface area contributed by atoms with Gasteiger partial charge in [-0.25, -0.2) is 4.79 Å². The van der Waals surface area contributed by atoms with Crippen LogP contribution in [0.2, 0.25) is 5.02 Å². The zero-order valence-electron chi connectivity index (χ0n) is 18.2. The van der Waals surface area contributed by atoms with Crippen LogP contribution in [0, 0.1) is 6.92 Å². The van der Waals surface area contributed by atoms with E-state index in [0.717, 1.165) is 22.3 Å². The molecule has 2 N–H and O–H groups in total. The van der Waals surface area contributed by atoms with Gasteiger partial charge in [-0.05, 0) is 29.7 Å². The Morgan fingerprint density at radius 1 is 0.971 bits per heavy atom. The van der Waals surface area contributed by atoms with Crippen LogP contribution in [0.4, 0.5) is 10.5 Å². The Morgan fingerprint density at radius 2 is 1.59 bits per heavy atom. The molecule has 34 heavy (non-hydrogen) atoms. The monoisotopic (exact) mass is 476 g/mol. The number of aliphatic carboxylic acids is 1. The van der Waals surface area contributed by atoms with E-state index in [1.807, 2.05) is 42.5 Å². The minimum absolute atomic E-state index is 0.0132. The van der Waals surface area contributed by atoms with E-state index in [-0.39, 0.29) is 13.0 Å². The molecule has 0 aliphatic heterocycles. The van der Waals surface area contributed by atoms with Gasteiger partial charge in [-0.15, -0.1) is 0 Å². The van der Waals surface area contributed by atoms with Crippen molar-refractivity contribution in [3.8, 4) is 22.5 Å². The number of amides is 1. The molecule has 0 aliphatic carbocycles. The standard InChI is InChI=1S/C26H21ClN2O5/c1-16-24(28-26(32)33-15-21-4-2-3-5-22(21)27)25(34-29-16)20-12-10-19(11-13-20)18-8-6-17(7-9-18)14-23(30)31/h2-13H,14-15H2,1H3,(H,28,32)(H,30,31). The molecule has 0 unspecified atom stereocenters. The molecule has 0 aliphatic rings. The third-order valence-electron chi connectivity index (χ3n) is 5.20. The minimum Gasteiger partial charge on any atom is -0.481 e. The fourth-order valence-electron chi connectivity index (χ4n) is 3.41. The van der Waals surface area contributed by atoms with E-state index < -0.39 is 12.1 Å². The number of nitrogens with zero attached hydrogens (tertiary/aromatic N) is 1. The van der Waals surface area contributed by atoms with E-state index >= 15 is 0 Å². The lowest BCUT2D eigenvalue weighted by molar-refractivity contribution is -0.136. The molecule has 7 nitrogen and oxygen atoms in total. The topological polar surface area (TPSA) is 102 Å². The molecule has 0 fully saturated rings. The van der Waals surface area contributed by atoms with Crippen molar-refractivity contribution in [1.29, 1.82) is 0 Å². The number of rotatable bonds is 7. The highest BCUT2D eigenvalue weighted by atomic mass is 35.5. The van der Waals surface area contributed by atoms with Gasteiger partial charge in [-0.2, -0.15) is 0 Å². The maximum Gasteiger partial charge on any atom is 0.412 e. The van der Waals surface area contributed by atoms with Crippen molar-refractivity contribution in [2.45, 2.75) is 20.0 Å². The first kappa shape index (κ1) is 23.1. The molecule has 0 radical (unpaired) electrons. The SMILES string of the molecule is Cc1noc(-c2ccc(-c3ccc(CC(=O)O)cc3)cc2)c1NC(=O)OCc1ccccc1Cl. The molecule has 1 aromatic heterocycles. The van der Waals surface area contributed by atoms with E-state index in [1.165, 1.54) is 0 Å².